The lowest BCUT2D eigenvalue weighted by Gasteiger charge is -2.19. The van der Waals surface area contributed by atoms with E-state index in [1.165, 1.54) is 0 Å². The molecule has 0 aliphatic carbocycles. The maximum atomic E-state index is 12.5. The van der Waals surface area contributed by atoms with Gasteiger partial charge in [-0.1, -0.05) is 17.7 Å². The van der Waals surface area contributed by atoms with Gasteiger partial charge in [0.05, 0.1) is 5.56 Å². The maximum absolute atomic E-state index is 12.5. The summed E-state index contributed by atoms with van der Waals surface area (Å²) >= 11 is 3.31. The molecule has 2 rings (SSSR count). The first-order chi connectivity index (χ1) is 9.52. The molecule has 0 saturated carbocycles. The highest BCUT2D eigenvalue weighted by Gasteiger charge is 2.18. The van der Waals surface area contributed by atoms with Gasteiger partial charge in [-0.05, 0) is 41.1 Å². The fourth-order valence-electron chi connectivity index (χ4n) is 1.78. The smallest absolute Gasteiger partial charge is 0.261 e. The second kappa shape index (κ2) is 6.02. The Balaban J connectivity index is 2.35. The summed E-state index contributed by atoms with van der Waals surface area (Å²) in [5, 5.41) is 0. The van der Waals surface area contributed by atoms with Crippen LogP contribution < -0.4 is 16.2 Å². The molecule has 0 bridgehead atoms. The number of hydrazine groups is 1. The van der Waals surface area contributed by atoms with Crippen molar-refractivity contribution in [2.45, 2.75) is 6.92 Å². The number of rotatable bonds is 3. The SMILES string of the molecule is Cc1ccc(N(C)C(=O)c2cc(Br)cnc2NN)cc1. The van der Waals surface area contributed by atoms with Crippen LogP contribution in [0, 0.1) is 6.92 Å². The molecular formula is C14H15BrN4O. The van der Waals surface area contributed by atoms with Crippen molar-refractivity contribution in [3.8, 4) is 0 Å². The first kappa shape index (κ1) is 14.5. The average molecular weight is 335 g/mol. The summed E-state index contributed by atoms with van der Waals surface area (Å²) < 4.78 is 0.720. The minimum absolute atomic E-state index is 0.185. The number of pyridine rings is 1. The van der Waals surface area contributed by atoms with Gasteiger partial charge >= 0.3 is 0 Å². The Morgan fingerprint density at radius 1 is 1.35 bits per heavy atom. The standard InChI is InChI=1S/C14H15BrN4O/c1-9-3-5-11(6-4-9)19(2)14(20)12-7-10(15)8-17-13(12)18-16/h3-8H,16H2,1-2H3,(H,17,18). The second-order valence-electron chi connectivity index (χ2n) is 4.39. The summed E-state index contributed by atoms with van der Waals surface area (Å²) in [4.78, 5) is 18.2. The number of benzene rings is 1. The lowest BCUT2D eigenvalue weighted by atomic mass is 10.2. The van der Waals surface area contributed by atoms with Crippen LogP contribution >= 0.6 is 15.9 Å². The van der Waals surface area contributed by atoms with E-state index in [0.29, 0.717) is 11.4 Å². The lowest BCUT2D eigenvalue weighted by molar-refractivity contribution is 0.0993. The van der Waals surface area contributed by atoms with Crippen LogP contribution in [-0.4, -0.2) is 17.9 Å². The van der Waals surface area contributed by atoms with Crippen LogP contribution in [-0.2, 0) is 0 Å². The van der Waals surface area contributed by atoms with Gasteiger partial charge in [0.25, 0.3) is 5.91 Å². The molecule has 1 aromatic heterocycles. The van der Waals surface area contributed by atoms with Crippen molar-refractivity contribution in [3.63, 3.8) is 0 Å². The molecule has 5 nitrogen and oxygen atoms in total. The number of hydrogen-bond acceptors (Lipinski definition) is 4. The van der Waals surface area contributed by atoms with E-state index >= 15 is 0 Å². The third-order valence-corrected chi connectivity index (χ3v) is 3.38. The predicted molar refractivity (Wildman–Crippen MR) is 83.7 cm³/mol. The summed E-state index contributed by atoms with van der Waals surface area (Å²) in [7, 11) is 1.72. The molecule has 0 unspecified atom stereocenters. The number of carbonyl (C=O) groups is 1. The Hall–Kier alpha value is -1.92. The highest BCUT2D eigenvalue weighted by Crippen LogP contribution is 2.22. The van der Waals surface area contributed by atoms with Gasteiger partial charge in [0.1, 0.15) is 0 Å². The molecule has 0 atom stereocenters. The highest BCUT2D eigenvalue weighted by molar-refractivity contribution is 9.10. The number of anilines is 2. The molecule has 0 aliphatic rings. The van der Waals surface area contributed by atoms with Gasteiger partial charge < -0.3 is 10.3 Å². The number of aromatic nitrogens is 1. The minimum atomic E-state index is -0.185. The van der Waals surface area contributed by atoms with Gasteiger partial charge in [0.2, 0.25) is 0 Å². The largest absolute Gasteiger partial charge is 0.311 e. The van der Waals surface area contributed by atoms with Crippen molar-refractivity contribution in [2.75, 3.05) is 17.4 Å². The summed E-state index contributed by atoms with van der Waals surface area (Å²) in [6.07, 6.45) is 1.58. The Morgan fingerprint density at radius 2 is 2.00 bits per heavy atom. The van der Waals surface area contributed by atoms with Crippen molar-refractivity contribution >= 4 is 33.3 Å². The molecule has 0 fully saturated rings. The number of nitrogens with zero attached hydrogens (tertiary/aromatic N) is 2. The summed E-state index contributed by atoms with van der Waals surface area (Å²) in [5.74, 6) is 5.56. The van der Waals surface area contributed by atoms with E-state index in [0.717, 1.165) is 15.7 Å². The Bertz CT molecular complexity index is 628. The van der Waals surface area contributed by atoms with Crippen LogP contribution in [0.5, 0.6) is 0 Å². The van der Waals surface area contributed by atoms with Crippen molar-refractivity contribution in [1.29, 1.82) is 0 Å². The van der Waals surface area contributed by atoms with E-state index < -0.39 is 0 Å². The molecule has 3 N–H and O–H groups in total. The molecule has 1 amide bonds. The van der Waals surface area contributed by atoms with Crippen LogP contribution in [0.2, 0.25) is 0 Å². The molecule has 0 saturated heterocycles. The van der Waals surface area contributed by atoms with Gasteiger partial charge in [0.15, 0.2) is 5.82 Å². The molecule has 1 heterocycles. The first-order valence-electron chi connectivity index (χ1n) is 6.00. The Labute approximate surface area is 125 Å². The number of carbonyl (C=O) groups excluding carboxylic acids is 1. The maximum Gasteiger partial charge on any atom is 0.261 e. The van der Waals surface area contributed by atoms with Gasteiger partial charge in [-0.2, -0.15) is 0 Å². The third-order valence-electron chi connectivity index (χ3n) is 2.95. The molecule has 6 heteroatoms. The zero-order valence-corrected chi connectivity index (χ0v) is 12.8. The number of nitrogen functional groups attached to an aromatic ring is 1. The van der Waals surface area contributed by atoms with Crippen LogP contribution in [0.25, 0.3) is 0 Å². The normalized spacial score (nSPS) is 10.2. The number of amides is 1. The molecule has 104 valence electrons. The molecular weight excluding hydrogens is 320 g/mol. The summed E-state index contributed by atoms with van der Waals surface area (Å²) in [5.41, 5.74) is 4.80. The van der Waals surface area contributed by atoms with Gasteiger partial charge in [-0.3, -0.25) is 4.79 Å². The van der Waals surface area contributed by atoms with Crippen LogP contribution in [0.15, 0.2) is 41.0 Å². The van der Waals surface area contributed by atoms with Crippen LogP contribution in [0.3, 0.4) is 0 Å². The van der Waals surface area contributed by atoms with Gasteiger partial charge in [-0.25, -0.2) is 10.8 Å². The highest BCUT2D eigenvalue weighted by atomic mass is 79.9. The number of aryl methyl sites for hydroxylation is 1. The molecule has 20 heavy (non-hydrogen) atoms. The quantitative estimate of drug-likeness (QED) is 0.668. The molecule has 0 aliphatic heterocycles. The lowest BCUT2D eigenvalue weighted by Crippen LogP contribution is -2.28. The van der Waals surface area contributed by atoms with E-state index in [9.17, 15) is 4.79 Å². The minimum Gasteiger partial charge on any atom is -0.311 e. The summed E-state index contributed by atoms with van der Waals surface area (Å²) in [6, 6.07) is 9.40. The molecule has 0 spiro atoms. The van der Waals surface area contributed by atoms with E-state index in [4.69, 9.17) is 5.84 Å². The number of nitrogens with two attached hydrogens (primary N) is 1. The zero-order valence-electron chi connectivity index (χ0n) is 11.2. The van der Waals surface area contributed by atoms with Crippen LogP contribution in [0.1, 0.15) is 15.9 Å². The molecule has 1 aromatic carbocycles. The number of nitrogens with one attached hydrogen (secondary N) is 1. The predicted octanol–water partition coefficient (Wildman–Crippen LogP) is 2.71. The molecule has 0 radical (unpaired) electrons. The Morgan fingerprint density at radius 3 is 2.60 bits per heavy atom. The summed E-state index contributed by atoms with van der Waals surface area (Å²) in [6.45, 7) is 2.00. The fraction of sp³-hybridized carbons (Fsp3) is 0.143. The van der Waals surface area contributed by atoms with Crippen molar-refractivity contribution in [2.24, 2.45) is 5.84 Å². The number of halogens is 1. The van der Waals surface area contributed by atoms with E-state index in [1.807, 2.05) is 31.2 Å². The van der Waals surface area contributed by atoms with Crippen molar-refractivity contribution < 1.29 is 4.79 Å². The topological polar surface area (TPSA) is 71.2 Å². The first-order valence-corrected chi connectivity index (χ1v) is 6.79. The van der Waals surface area contributed by atoms with Gasteiger partial charge in [-0.15, -0.1) is 0 Å². The van der Waals surface area contributed by atoms with E-state index in [1.54, 1.807) is 24.2 Å². The third kappa shape index (κ3) is 2.97. The molecule has 2 aromatic rings. The van der Waals surface area contributed by atoms with Crippen molar-refractivity contribution in [3.05, 3.63) is 52.1 Å². The van der Waals surface area contributed by atoms with Gasteiger partial charge in [0, 0.05) is 23.4 Å². The monoisotopic (exact) mass is 334 g/mol. The zero-order chi connectivity index (χ0) is 14.7. The van der Waals surface area contributed by atoms with Crippen molar-refractivity contribution in [1.82, 2.24) is 4.98 Å². The number of hydrogen-bond donors (Lipinski definition) is 2. The second-order valence-corrected chi connectivity index (χ2v) is 5.31. The average Bonchev–Trinajstić information content (AvgIpc) is 2.46. The fourth-order valence-corrected chi connectivity index (χ4v) is 2.11. The Kier molecular flexibility index (Phi) is 4.36. The van der Waals surface area contributed by atoms with E-state index in [-0.39, 0.29) is 5.91 Å². The van der Waals surface area contributed by atoms with E-state index in [2.05, 4.69) is 26.3 Å². The van der Waals surface area contributed by atoms with Crippen LogP contribution in [0.4, 0.5) is 11.5 Å².